The van der Waals surface area contributed by atoms with Crippen LogP contribution in [-0.2, 0) is 32.5 Å². The first-order valence-corrected chi connectivity index (χ1v) is 10.9. The minimum absolute atomic E-state index is 0.0711. The number of aromatic amines is 1. The van der Waals surface area contributed by atoms with Crippen LogP contribution in [0.3, 0.4) is 0 Å². The van der Waals surface area contributed by atoms with Crippen molar-refractivity contribution in [3.8, 4) is 0 Å². The molecule has 4 rings (SSSR count). The Labute approximate surface area is 175 Å². The molecule has 1 aliphatic rings. The zero-order valence-corrected chi connectivity index (χ0v) is 18.1. The molecule has 0 bridgehead atoms. The predicted octanol–water partition coefficient (Wildman–Crippen LogP) is 3.57. The van der Waals surface area contributed by atoms with Crippen LogP contribution < -0.4 is 0 Å². The SMILES string of the molecule is CCc1ccc(CN2CCc3c(C(=O)N(C)Cc4ncc(C)[nH]4)csc3C2)nc1. The summed E-state index contributed by atoms with van der Waals surface area (Å²) in [6, 6.07) is 4.29. The number of aromatic nitrogens is 3. The monoisotopic (exact) mass is 409 g/mol. The van der Waals surface area contributed by atoms with Crippen molar-refractivity contribution in [2.75, 3.05) is 13.6 Å². The van der Waals surface area contributed by atoms with Crippen LogP contribution in [0.2, 0.25) is 0 Å². The molecule has 0 atom stereocenters. The van der Waals surface area contributed by atoms with Gasteiger partial charge in [0.1, 0.15) is 5.82 Å². The molecular weight excluding hydrogens is 382 g/mol. The number of amides is 1. The van der Waals surface area contributed by atoms with Gasteiger partial charge in [-0.15, -0.1) is 11.3 Å². The molecule has 4 heterocycles. The maximum Gasteiger partial charge on any atom is 0.255 e. The molecule has 1 aliphatic heterocycles. The average Bonchev–Trinajstić information content (AvgIpc) is 3.33. The van der Waals surface area contributed by atoms with Gasteiger partial charge in [0.2, 0.25) is 0 Å². The lowest BCUT2D eigenvalue weighted by Crippen LogP contribution is -2.32. The summed E-state index contributed by atoms with van der Waals surface area (Å²) in [5, 5.41) is 2.02. The molecule has 1 N–H and O–H groups in total. The molecule has 0 spiro atoms. The van der Waals surface area contributed by atoms with Crippen LogP contribution >= 0.6 is 11.3 Å². The van der Waals surface area contributed by atoms with Gasteiger partial charge in [0.25, 0.3) is 5.91 Å². The van der Waals surface area contributed by atoms with E-state index in [1.165, 1.54) is 16.0 Å². The van der Waals surface area contributed by atoms with Crippen molar-refractivity contribution in [2.24, 2.45) is 0 Å². The van der Waals surface area contributed by atoms with Crippen molar-refractivity contribution >= 4 is 17.2 Å². The lowest BCUT2D eigenvalue weighted by atomic mass is 10.0. The topological polar surface area (TPSA) is 65.1 Å². The minimum Gasteiger partial charge on any atom is -0.345 e. The van der Waals surface area contributed by atoms with Crippen molar-refractivity contribution in [1.82, 2.24) is 24.8 Å². The zero-order chi connectivity index (χ0) is 20.4. The third-order valence-electron chi connectivity index (χ3n) is 5.43. The van der Waals surface area contributed by atoms with Crippen LogP contribution in [0, 0.1) is 6.92 Å². The molecule has 0 aliphatic carbocycles. The number of aryl methyl sites for hydroxylation is 2. The Morgan fingerprint density at radius 2 is 2.17 bits per heavy atom. The summed E-state index contributed by atoms with van der Waals surface area (Å²) in [5.74, 6) is 0.886. The van der Waals surface area contributed by atoms with E-state index in [9.17, 15) is 4.79 Å². The first-order chi connectivity index (χ1) is 14.0. The number of fused-ring (bicyclic) bond motifs is 1. The fourth-order valence-electron chi connectivity index (χ4n) is 3.73. The summed E-state index contributed by atoms with van der Waals surface area (Å²) in [7, 11) is 1.84. The summed E-state index contributed by atoms with van der Waals surface area (Å²) in [6.45, 7) is 7.28. The highest BCUT2D eigenvalue weighted by Crippen LogP contribution is 2.30. The van der Waals surface area contributed by atoms with Crippen molar-refractivity contribution in [2.45, 2.75) is 46.3 Å². The highest BCUT2D eigenvalue weighted by molar-refractivity contribution is 7.10. The number of nitrogens with zero attached hydrogens (tertiary/aromatic N) is 4. The third-order valence-corrected chi connectivity index (χ3v) is 6.44. The smallest absolute Gasteiger partial charge is 0.255 e. The first kappa shape index (κ1) is 19.8. The number of pyridine rings is 1. The summed E-state index contributed by atoms with van der Waals surface area (Å²) >= 11 is 1.70. The first-order valence-electron chi connectivity index (χ1n) is 10.0. The Morgan fingerprint density at radius 3 is 2.86 bits per heavy atom. The Morgan fingerprint density at radius 1 is 1.31 bits per heavy atom. The predicted molar refractivity (Wildman–Crippen MR) is 115 cm³/mol. The highest BCUT2D eigenvalue weighted by Gasteiger charge is 2.25. The molecule has 0 radical (unpaired) electrons. The molecule has 0 aromatic carbocycles. The Balaban J connectivity index is 1.41. The molecule has 3 aromatic rings. The van der Waals surface area contributed by atoms with E-state index >= 15 is 0 Å². The second-order valence-corrected chi connectivity index (χ2v) is 8.66. The summed E-state index contributed by atoms with van der Waals surface area (Å²) < 4.78 is 0. The maximum atomic E-state index is 13.0. The summed E-state index contributed by atoms with van der Waals surface area (Å²) in [5.41, 5.74) is 5.44. The number of H-pyrrole nitrogens is 1. The van der Waals surface area contributed by atoms with Crippen LogP contribution in [-0.4, -0.2) is 44.3 Å². The number of hydrogen-bond donors (Lipinski definition) is 1. The van der Waals surface area contributed by atoms with Crippen LogP contribution in [0.15, 0.2) is 29.9 Å². The van der Waals surface area contributed by atoms with Gasteiger partial charge in [-0.2, -0.15) is 0 Å². The number of nitrogens with one attached hydrogen (secondary N) is 1. The number of thiophene rings is 1. The lowest BCUT2D eigenvalue weighted by molar-refractivity contribution is 0.0780. The van der Waals surface area contributed by atoms with E-state index < -0.39 is 0 Å². The van der Waals surface area contributed by atoms with E-state index in [4.69, 9.17) is 0 Å². The molecule has 6 nitrogen and oxygen atoms in total. The lowest BCUT2D eigenvalue weighted by Gasteiger charge is -2.27. The van der Waals surface area contributed by atoms with Gasteiger partial charge >= 0.3 is 0 Å². The number of carbonyl (C=O) groups is 1. The molecule has 7 heteroatoms. The average molecular weight is 410 g/mol. The van der Waals surface area contributed by atoms with E-state index in [0.29, 0.717) is 6.54 Å². The van der Waals surface area contributed by atoms with Gasteiger partial charge in [-0.25, -0.2) is 4.98 Å². The number of rotatable bonds is 6. The molecule has 0 saturated heterocycles. The van der Waals surface area contributed by atoms with Gasteiger partial charge in [0.15, 0.2) is 0 Å². The van der Waals surface area contributed by atoms with Crippen LogP contribution in [0.1, 0.15) is 50.5 Å². The van der Waals surface area contributed by atoms with E-state index in [0.717, 1.165) is 55.3 Å². The largest absolute Gasteiger partial charge is 0.345 e. The van der Waals surface area contributed by atoms with Crippen molar-refractivity contribution in [3.05, 3.63) is 68.7 Å². The van der Waals surface area contributed by atoms with Crippen molar-refractivity contribution in [3.63, 3.8) is 0 Å². The van der Waals surface area contributed by atoms with Gasteiger partial charge in [-0.3, -0.25) is 14.7 Å². The normalized spacial score (nSPS) is 14.0. The number of imidazole rings is 1. The van der Waals surface area contributed by atoms with Crippen LogP contribution in [0.25, 0.3) is 0 Å². The molecule has 1 amide bonds. The molecule has 3 aromatic heterocycles. The minimum atomic E-state index is 0.0711. The van der Waals surface area contributed by atoms with Crippen LogP contribution in [0.4, 0.5) is 0 Å². The van der Waals surface area contributed by atoms with Gasteiger partial charge in [-0.1, -0.05) is 13.0 Å². The van der Waals surface area contributed by atoms with Gasteiger partial charge in [-0.05, 0) is 37.0 Å². The molecule has 29 heavy (non-hydrogen) atoms. The second-order valence-electron chi connectivity index (χ2n) is 7.70. The van der Waals surface area contributed by atoms with Gasteiger partial charge in [0.05, 0.1) is 17.8 Å². The van der Waals surface area contributed by atoms with Gasteiger partial charge < -0.3 is 9.88 Å². The summed E-state index contributed by atoms with van der Waals surface area (Å²) in [6.07, 6.45) is 5.68. The molecular formula is C22H27N5OS. The Hall–Kier alpha value is -2.51. The Kier molecular flexibility index (Phi) is 5.78. The molecule has 0 fully saturated rings. The van der Waals surface area contributed by atoms with Gasteiger partial charge in [0, 0.05) is 55.0 Å². The third kappa shape index (κ3) is 4.41. The fraction of sp³-hybridized carbons (Fsp3) is 0.409. The Bertz CT molecular complexity index is 991. The zero-order valence-electron chi connectivity index (χ0n) is 17.2. The van der Waals surface area contributed by atoms with E-state index in [-0.39, 0.29) is 5.91 Å². The van der Waals surface area contributed by atoms with Crippen molar-refractivity contribution in [1.29, 1.82) is 0 Å². The molecule has 152 valence electrons. The maximum absolute atomic E-state index is 13.0. The second kappa shape index (κ2) is 8.47. The number of hydrogen-bond acceptors (Lipinski definition) is 5. The molecule has 0 saturated carbocycles. The standard InChI is InChI=1S/C22H27N5OS/c1-4-16-5-6-17(23-10-16)11-27-8-7-18-19(14-29-20(18)12-27)22(28)26(3)13-21-24-9-15(2)25-21/h5-6,9-10,14H,4,7-8,11-13H2,1-3H3,(H,24,25). The quantitative estimate of drug-likeness (QED) is 0.676. The van der Waals surface area contributed by atoms with Crippen LogP contribution in [0.5, 0.6) is 0 Å². The highest BCUT2D eigenvalue weighted by atomic mass is 32.1. The van der Waals surface area contributed by atoms with E-state index in [2.05, 4.69) is 38.9 Å². The van der Waals surface area contributed by atoms with Crippen molar-refractivity contribution < 1.29 is 4.79 Å². The molecule has 0 unspecified atom stereocenters. The van der Waals surface area contributed by atoms with E-state index in [1.54, 1.807) is 22.4 Å². The number of carbonyl (C=O) groups excluding carboxylic acids is 1. The fourth-order valence-corrected chi connectivity index (χ4v) is 4.85. The van der Waals surface area contributed by atoms with E-state index in [1.807, 2.05) is 25.5 Å². The summed E-state index contributed by atoms with van der Waals surface area (Å²) in [4.78, 5) is 30.5.